The molecule has 0 spiro atoms. The Morgan fingerprint density at radius 2 is 1.85 bits per heavy atom. The first-order valence-electron chi connectivity index (χ1n) is 10.5. The van der Waals surface area contributed by atoms with Gasteiger partial charge in [0.05, 0.1) is 36.2 Å². The summed E-state index contributed by atoms with van der Waals surface area (Å²) in [7, 11) is -4.29. The molecule has 1 aliphatic rings. The number of anilines is 2. The number of allylic oxidation sites excluding steroid dienone is 1. The lowest BCUT2D eigenvalue weighted by atomic mass is 10.00. The number of halogens is 2. The van der Waals surface area contributed by atoms with Gasteiger partial charge in [0.1, 0.15) is 0 Å². The Morgan fingerprint density at radius 3 is 2.53 bits per heavy atom. The molecule has 0 saturated carbocycles. The topological polar surface area (TPSA) is 108 Å². The van der Waals surface area contributed by atoms with E-state index in [-0.39, 0.29) is 16.5 Å². The first-order valence-corrected chi connectivity index (χ1v) is 11.9. The van der Waals surface area contributed by atoms with Crippen molar-refractivity contribution in [1.82, 2.24) is 19.2 Å². The average molecular weight is 492 g/mol. The van der Waals surface area contributed by atoms with E-state index in [0.29, 0.717) is 23.0 Å². The summed E-state index contributed by atoms with van der Waals surface area (Å²) >= 11 is 0. The second-order valence-corrected chi connectivity index (χ2v) is 9.43. The Kier molecular flexibility index (Phi) is 6.89. The molecule has 9 nitrogen and oxygen atoms in total. The highest BCUT2D eigenvalue weighted by atomic mass is 32.2. The van der Waals surface area contributed by atoms with Crippen LogP contribution >= 0.6 is 0 Å². The summed E-state index contributed by atoms with van der Waals surface area (Å²) in [5.41, 5.74) is 3.68. The molecule has 3 heterocycles. The van der Waals surface area contributed by atoms with E-state index in [0.717, 1.165) is 30.0 Å². The van der Waals surface area contributed by atoms with Gasteiger partial charge in [-0.1, -0.05) is 23.3 Å². The smallest absolute Gasteiger partial charge is 0.388 e. The van der Waals surface area contributed by atoms with Crippen LogP contribution < -0.4 is 10.1 Å². The van der Waals surface area contributed by atoms with Crippen LogP contribution in [0.5, 0.6) is 5.88 Å². The highest BCUT2D eigenvalue weighted by Crippen LogP contribution is 2.28. The summed E-state index contributed by atoms with van der Waals surface area (Å²) < 4.78 is 62.3. The summed E-state index contributed by atoms with van der Waals surface area (Å²) in [6.45, 7) is 1.81. The van der Waals surface area contributed by atoms with Gasteiger partial charge in [0.2, 0.25) is 5.88 Å². The third kappa shape index (κ3) is 5.23. The maximum atomic E-state index is 13.0. The summed E-state index contributed by atoms with van der Waals surface area (Å²) in [6.07, 6.45) is 4.66. The predicted molar refractivity (Wildman–Crippen MR) is 121 cm³/mol. The highest BCUT2D eigenvalue weighted by Gasteiger charge is 2.26. The fourth-order valence-electron chi connectivity index (χ4n) is 3.47. The number of ether oxygens (including phenoxy) is 2. The molecular formula is C22H23F2N5O4S. The highest BCUT2D eigenvalue weighted by molar-refractivity contribution is 7.90. The monoisotopic (exact) mass is 491 g/mol. The van der Waals surface area contributed by atoms with Crippen molar-refractivity contribution < 1.29 is 26.7 Å². The van der Waals surface area contributed by atoms with Gasteiger partial charge in [-0.3, -0.25) is 4.98 Å². The maximum Gasteiger partial charge on any atom is 0.388 e. The van der Waals surface area contributed by atoms with Crippen LogP contribution in [0.2, 0.25) is 0 Å². The number of hydrogen-bond acceptors (Lipinski definition) is 8. The van der Waals surface area contributed by atoms with Crippen molar-refractivity contribution in [3.8, 4) is 5.88 Å². The minimum absolute atomic E-state index is 0.0471. The first kappa shape index (κ1) is 23.8. The molecule has 0 atom stereocenters. The molecule has 4 rings (SSSR count). The van der Waals surface area contributed by atoms with Crippen LogP contribution in [0.3, 0.4) is 0 Å². The van der Waals surface area contributed by atoms with E-state index in [1.165, 1.54) is 23.9 Å². The Labute approximate surface area is 195 Å². The van der Waals surface area contributed by atoms with Gasteiger partial charge in [0.15, 0.2) is 11.6 Å². The second-order valence-electron chi connectivity index (χ2n) is 7.66. The Balaban J connectivity index is 1.66. The van der Waals surface area contributed by atoms with Gasteiger partial charge in [-0.25, -0.2) is 4.98 Å². The summed E-state index contributed by atoms with van der Waals surface area (Å²) in [5.74, 6) is -0.414. The molecule has 1 aromatic carbocycles. The fraction of sp³-hybridized carbons (Fsp3) is 0.318. The van der Waals surface area contributed by atoms with Crippen molar-refractivity contribution in [2.75, 3.05) is 18.5 Å². The van der Waals surface area contributed by atoms with Crippen LogP contribution in [-0.2, 0) is 14.8 Å². The summed E-state index contributed by atoms with van der Waals surface area (Å²) in [6, 6.07) is 7.00. The number of benzene rings is 1. The van der Waals surface area contributed by atoms with Crippen LogP contribution in [0.15, 0.2) is 53.2 Å². The van der Waals surface area contributed by atoms with E-state index in [4.69, 9.17) is 4.74 Å². The Morgan fingerprint density at radius 1 is 1.15 bits per heavy atom. The molecular weight excluding hydrogens is 468 g/mol. The largest absolute Gasteiger partial charge is 0.416 e. The third-order valence-corrected chi connectivity index (χ3v) is 6.89. The van der Waals surface area contributed by atoms with Crippen molar-refractivity contribution >= 4 is 27.2 Å². The zero-order chi connectivity index (χ0) is 24.3. The molecule has 12 heteroatoms. The molecule has 0 bridgehead atoms. The molecule has 1 aliphatic heterocycles. The van der Waals surface area contributed by atoms with Crippen LogP contribution in [0.4, 0.5) is 20.4 Å². The van der Waals surface area contributed by atoms with Gasteiger partial charge >= 0.3 is 6.61 Å². The molecule has 2 aromatic heterocycles. The van der Waals surface area contributed by atoms with E-state index < -0.39 is 22.5 Å². The number of aryl methyl sites for hydroxylation is 1. The number of hydrogen-bond donors (Lipinski definition) is 1. The van der Waals surface area contributed by atoms with Gasteiger partial charge in [0, 0.05) is 6.07 Å². The van der Waals surface area contributed by atoms with E-state index in [9.17, 15) is 17.2 Å². The van der Waals surface area contributed by atoms with Crippen LogP contribution in [-0.4, -0.2) is 47.4 Å². The van der Waals surface area contributed by atoms with E-state index in [2.05, 4.69) is 25.1 Å². The number of alkyl halides is 2. The van der Waals surface area contributed by atoms with Crippen molar-refractivity contribution in [2.24, 2.45) is 0 Å². The molecule has 1 N–H and O–H groups in total. The normalized spacial score (nSPS) is 14.3. The zero-order valence-electron chi connectivity index (χ0n) is 18.5. The third-order valence-electron chi connectivity index (χ3n) is 5.31. The van der Waals surface area contributed by atoms with E-state index in [1.54, 1.807) is 25.3 Å². The number of aromatic nitrogens is 4. The number of rotatable bonds is 7. The fourth-order valence-corrected chi connectivity index (χ4v) is 4.68. The van der Waals surface area contributed by atoms with Gasteiger partial charge in [-0.2, -0.15) is 17.2 Å². The van der Waals surface area contributed by atoms with E-state index in [1.807, 2.05) is 6.92 Å². The lowest BCUT2D eigenvalue weighted by Crippen LogP contribution is -2.18. The molecule has 3 aromatic rings. The van der Waals surface area contributed by atoms with Gasteiger partial charge in [-0.15, -0.1) is 9.19 Å². The van der Waals surface area contributed by atoms with E-state index >= 15 is 0 Å². The lowest BCUT2D eigenvalue weighted by Gasteiger charge is -2.17. The molecule has 0 aliphatic carbocycles. The predicted octanol–water partition coefficient (Wildman–Crippen LogP) is 4.15. The van der Waals surface area contributed by atoms with Crippen molar-refractivity contribution in [2.45, 2.75) is 38.2 Å². The molecule has 0 radical (unpaired) electrons. The SMILES string of the molecule is CC(=C1CCOCC1)c1cncc(Nc2cc(OC(F)F)n(S(=O)(=O)c3ccc(C)cc3)n2)n1. The lowest BCUT2D eigenvalue weighted by molar-refractivity contribution is -0.0537. The molecule has 0 amide bonds. The Bertz CT molecular complexity index is 1300. The molecule has 1 fully saturated rings. The van der Waals surface area contributed by atoms with Crippen molar-refractivity contribution in [3.63, 3.8) is 0 Å². The minimum atomic E-state index is -4.29. The molecule has 1 saturated heterocycles. The van der Waals surface area contributed by atoms with Gasteiger partial charge < -0.3 is 14.8 Å². The maximum absolute atomic E-state index is 13.0. The Hall–Kier alpha value is -3.38. The van der Waals surface area contributed by atoms with Crippen molar-refractivity contribution in [1.29, 1.82) is 0 Å². The zero-order valence-corrected chi connectivity index (χ0v) is 19.3. The second kappa shape index (κ2) is 9.85. The van der Waals surface area contributed by atoms with Gasteiger partial charge in [0.25, 0.3) is 10.0 Å². The quantitative estimate of drug-likeness (QED) is 0.525. The molecule has 180 valence electrons. The van der Waals surface area contributed by atoms with Gasteiger partial charge in [-0.05, 0) is 44.4 Å². The average Bonchev–Trinajstić information content (AvgIpc) is 3.21. The summed E-state index contributed by atoms with van der Waals surface area (Å²) in [5, 5.41) is 6.78. The molecule has 34 heavy (non-hydrogen) atoms. The first-order chi connectivity index (χ1) is 16.2. The standard InChI is InChI=1S/C22H23F2N5O4S/c1-14-3-5-17(6-4-14)34(30,31)29-21(33-22(23)24)11-19(28-29)27-20-13-25-12-18(26-20)15(2)16-7-9-32-10-8-16/h3-6,11-13,22H,7-10H2,1-2H3,(H,26,27,28). The number of nitrogens with one attached hydrogen (secondary N) is 1. The van der Waals surface area contributed by atoms with Crippen LogP contribution in [0.25, 0.3) is 5.57 Å². The number of nitrogens with zero attached hydrogens (tertiary/aromatic N) is 4. The minimum Gasteiger partial charge on any atom is -0.416 e. The van der Waals surface area contributed by atoms with Crippen molar-refractivity contribution in [3.05, 3.63) is 59.6 Å². The summed E-state index contributed by atoms with van der Waals surface area (Å²) in [4.78, 5) is 8.58. The molecule has 0 unspecified atom stereocenters. The van der Waals surface area contributed by atoms with Crippen LogP contribution in [0, 0.1) is 6.92 Å². The van der Waals surface area contributed by atoms with Crippen LogP contribution in [0.1, 0.15) is 31.0 Å².